The van der Waals surface area contributed by atoms with Crippen molar-refractivity contribution in [2.24, 2.45) is 5.92 Å². The van der Waals surface area contributed by atoms with E-state index in [9.17, 15) is 0 Å². The fourth-order valence-electron chi connectivity index (χ4n) is 2.21. The maximum Gasteiger partial charge on any atom is 0.00356 e. The third-order valence-electron chi connectivity index (χ3n) is 3.71. The topological polar surface area (TPSA) is 3.24 Å². The molecular weight excluding hydrogens is 218 g/mol. The molecule has 0 aliphatic heterocycles. The highest BCUT2D eigenvalue weighted by Gasteiger charge is 2.10. The number of nitrogens with zero attached hydrogens (tertiary/aromatic N) is 1. The van der Waals surface area contributed by atoms with Gasteiger partial charge >= 0.3 is 0 Å². The van der Waals surface area contributed by atoms with Crippen LogP contribution in [0.4, 0.5) is 0 Å². The first-order chi connectivity index (χ1) is 8.40. The fraction of sp³-hybridized carbons (Fsp3) is 0.647. The van der Waals surface area contributed by atoms with Crippen LogP contribution in [0.15, 0.2) is 24.3 Å². The molecule has 0 bridgehead atoms. The third kappa shape index (κ3) is 4.81. The van der Waals surface area contributed by atoms with E-state index in [1.54, 1.807) is 0 Å². The zero-order valence-corrected chi connectivity index (χ0v) is 12.9. The van der Waals surface area contributed by atoms with Gasteiger partial charge in [0.15, 0.2) is 0 Å². The van der Waals surface area contributed by atoms with E-state index in [-0.39, 0.29) is 0 Å². The number of benzene rings is 1. The van der Waals surface area contributed by atoms with E-state index in [0.29, 0.717) is 17.9 Å². The van der Waals surface area contributed by atoms with Gasteiger partial charge in [-0.25, -0.2) is 0 Å². The van der Waals surface area contributed by atoms with Crippen LogP contribution in [0.3, 0.4) is 0 Å². The van der Waals surface area contributed by atoms with Crippen molar-refractivity contribution in [3.63, 3.8) is 0 Å². The summed E-state index contributed by atoms with van der Waals surface area (Å²) in [6, 6.07) is 9.77. The minimum atomic E-state index is 0.628. The first kappa shape index (κ1) is 15.2. The Morgan fingerprint density at radius 3 is 1.94 bits per heavy atom. The molecule has 1 aromatic carbocycles. The Labute approximate surface area is 113 Å². The van der Waals surface area contributed by atoms with Crippen LogP contribution in [0.1, 0.15) is 51.7 Å². The highest BCUT2D eigenvalue weighted by molar-refractivity contribution is 5.24. The van der Waals surface area contributed by atoms with Gasteiger partial charge in [-0.1, -0.05) is 45.0 Å². The number of hydrogen-bond acceptors (Lipinski definition) is 1. The van der Waals surface area contributed by atoms with Crippen molar-refractivity contribution in [2.45, 2.75) is 53.0 Å². The zero-order valence-electron chi connectivity index (χ0n) is 12.9. The normalized spacial score (nSPS) is 13.6. The van der Waals surface area contributed by atoms with Crippen LogP contribution in [-0.2, 0) is 6.42 Å². The lowest BCUT2D eigenvalue weighted by Gasteiger charge is -2.25. The highest BCUT2D eigenvalue weighted by Crippen LogP contribution is 2.17. The molecule has 1 rings (SSSR count). The SMILES string of the molecule is CC(Cc1ccc(C(C)C)cc1)CN(C)C(C)C. The van der Waals surface area contributed by atoms with Crippen molar-refractivity contribution >= 4 is 0 Å². The summed E-state index contributed by atoms with van der Waals surface area (Å²) < 4.78 is 0. The molecule has 0 N–H and O–H groups in total. The predicted molar refractivity (Wildman–Crippen MR) is 81.2 cm³/mol. The fourth-order valence-corrected chi connectivity index (χ4v) is 2.21. The van der Waals surface area contributed by atoms with Gasteiger partial charge in [-0.2, -0.15) is 0 Å². The minimum Gasteiger partial charge on any atom is -0.304 e. The molecule has 1 unspecified atom stereocenters. The van der Waals surface area contributed by atoms with E-state index in [1.165, 1.54) is 24.1 Å². The second-order valence-electron chi connectivity index (χ2n) is 6.24. The van der Waals surface area contributed by atoms with Crippen molar-refractivity contribution in [2.75, 3.05) is 13.6 Å². The van der Waals surface area contributed by atoms with Crippen LogP contribution in [-0.4, -0.2) is 24.5 Å². The van der Waals surface area contributed by atoms with Gasteiger partial charge in [-0.05, 0) is 50.3 Å². The lowest BCUT2D eigenvalue weighted by atomic mass is 9.96. The minimum absolute atomic E-state index is 0.628. The first-order valence-corrected chi connectivity index (χ1v) is 7.19. The van der Waals surface area contributed by atoms with Gasteiger partial charge in [-0.15, -0.1) is 0 Å². The second kappa shape index (κ2) is 6.94. The van der Waals surface area contributed by atoms with Crippen LogP contribution in [0.2, 0.25) is 0 Å². The molecule has 0 aliphatic rings. The molecule has 1 heteroatoms. The molecule has 1 nitrogen and oxygen atoms in total. The molecule has 102 valence electrons. The largest absolute Gasteiger partial charge is 0.304 e. The van der Waals surface area contributed by atoms with Crippen molar-refractivity contribution < 1.29 is 0 Å². The standard InChI is InChI=1S/C17H29N/c1-13(2)17-9-7-16(8-10-17)11-15(5)12-18(6)14(3)4/h7-10,13-15H,11-12H2,1-6H3. The Balaban J connectivity index is 2.51. The maximum absolute atomic E-state index is 2.42. The molecule has 0 saturated carbocycles. The Hall–Kier alpha value is -0.820. The van der Waals surface area contributed by atoms with Gasteiger partial charge in [0.1, 0.15) is 0 Å². The Morgan fingerprint density at radius 2 is 1.50 bits per heavy atom. The Morgan fingerprint density at radius 1 is 0.944 bits per heavy atom. The van der Waals surface area contributed by atoms with E-state index < -0.39 is 0 Å². The summed E-state index contributed by atoms with van der Waals surface area (Å²) in [5, 5.41) is 0. The van der Waals surface area contributed by atoms with E-state index in [1.807, 2.05) is 0 Å². The van der Waals surface area contributed by atoms with E-state index in [2.05, 4.69) is 70.8 Å². The van der Waals surface area contributed by atoms with Crippen LogP contribution in [0.5, 0.6) is 0 Å². The van der Waals surface area contributed by atoms with Crippen molar-refractivity contribution in [1.82, 2.24) is 4.90 Å². The second-order valence-corrected chi connectivity index (χ2v) is 6.24. The van der Waals surface area contributed by atoms with Gasteiger partial charge in [0.25, 0.3) is 0 Å². The summed E-state index contributed by atoms with van der Waals surface area (Å²) in [6.45, 7) is 12.5. The molecule has 0 spiro atoms. The van der Waals surface area contributed by atoms with Gasteiger partial charge in [0.2, 0.25) is 0 Å². The summed E-state index contributed by atoms with van der Waals surface area (Å²) in [6.07, 6.45) is 1.18. The summed E-state index contributed by atoms with van der Waals surface area (Å²) in [5.74, 6) is 1.34. The molecule has 0 saturated heterocycles. The molecule has 0 aliphatic carbocycles. The molecule has 0 heterocycles. The van der Waals surface area contributed by atoms with Gasteiger partial charge in [0, 0.05) is 12.6 Å². The highest BCUT2D eigenvalue weighted by atomic mass is 15.1. The maximum atomic E-state index is 2.42. The molecular formula is C17H29N. The average molecular weight is 247 g/mol. The summed E-state index contributed by atoms with van der Waals surface area (Å²) in [5.41, 5.74) is 2.90. The van der Waals surface area contributed by atoms with Crippen molar-refractivity contribution in [3.8, 4) is 0 Å². The van der Waals surface area contributed by atoms with Gasteiger partial charge < -0.3 is 4.90 Å². The summed E-state index contributed by atoms with van der Waals surface area (Å²) in [7, 11) is 2.21. The Bertz CT molecular complexity index is 337. The van der Waals surface area contributed by atoms with E-state index in [0.717, 1.165) is 0 Å². The molecule has 1 atom stereocenters. The molecule has 0 radical (unpaired) electrons. The Kier molecular flexibility index (Phi) is 5.87. The quantitative estimate of drug-likeness (QED) is 0.723. The van der Waals surface area contributed by atoms with E-state index in [4.69, 9.17) is 0 Å². The monoisotopic (exact) mass is 247 g/mol. The summed E-state index contributed by atoms with van der Waals surface area (Å²) >= 11 is 0. The predicted octanol–water partition coefficient (Wildman–Crippen LogP) is 4.33. The van der Waals surface area contributed by atoms with Crippen molar-refractivity contribution in [1.29, 1.82) is 0 Å². The van der Waals surface area contributed by atoms with Crippen LogP contribution >= 0.6 is 0 Å². The summed E-state index contributed by atoms with van der Waals surface area (Å²) in [4.78, 5) is 2.42. The lowest BCUT2D eigenvalue weighted by molar-refractivity contribution is 0.236. The lowest BCUT2D eigenvalue weighted by Crippen LogP contribution is -2.31. The van der Waals surface area contributed by atoms with Crippen molar-refractivity contribution in [3.05, 3.63) is 35.4 Å². The average Bonchev–Trinajstić information content (AvgIpc) is 2.29. The molecule has 0 amide bonds. The van der Waals surface area contributed by atoms with Gasteiger partial charge in [0.05, 0.1) is 0 Å². The first-order valence-electron chi connectivity index (χ1n) is 7.19. The van der Waals surface area contributed by atoms with Crippen LogP contribution in [0, 0.1) is 5.92 Å². The molecule has 1 aromatic rings. The number of rotatable bonds is 6. The van der Waals surface area contributed by atoms with Crippen LogP contribution < -0.4 is 0 Å². The number of hydrogen-bond donors (Lipinski definition) is 0. The van der Waals surface area contributed by atoms with E-state index >= 15 is 0 Å². The molecule has 0 fully saturated rings. The van der Waals surface area contributed by atoms with Gasteiger partial charge in [-0.3, -0.25) is 0 Å². The molecule has 0 aromatic heterocycles. The third-order valence-corrected chi connectivity index (χ3v) is 3.71. The smallest absolute Gasteiger partial charge is 0.00356 e. The molecule has 18 heavy (non-hydrogen) atoms. The zero-order chi connectivity index (χ0) is 13.7. The van der Waals surface area contributed by atoms with Crippen LogP contribution in [0.25, 0.3) is 0 Å².